The van der Waals surface area contributed by atoms with E-state index in [1.807, 2.05) is 28.4 Å². The standard InChI is InChI=1S/C28H66N2O10Si5/c1-31-42(32-2)25-13-19-29(42)17-11-21-41(23-15-27-44(35-5,36-6)37-7,24-16-28-45(38-8,39-9)40-10)22-12-18-30-20-14-26-43(30,33-3)34-4/h11-28H2,1-10H3. The highest BCUT2D eigenvalue weighted by molar-refractivity contribution is 6.80. The number of hydrogen-bond acceptors (Lipinski definition) is 12. The minimum absolute atomic E-state index is 0.823. The third-order valence-corrected chi connectivity index (χ3v) is 29.3. The van der Waals surface area contributed by atoms with Crippen molar-refractivity contribution >= 4 is 43.1 Å². The molecule has 2 aliphatic heterocycles. The fraction of sp³-hybridized carbons (Fsp3) is 1.00. The zero-order valence-corrected chi connectivity index (χ0v) is 35.2. The molecule has 0 saturated carbocycles. The van der Waals surface area contributed by atoms with Crippen molar-refractivity contribution in [3.05, 3.63) is 0 Å². The maximum atomic E-state index is 6.04. The van der Waals surface area contributed by atoms with Crippen molar-refractivity contribution in [3.63, 3.8) is 0 Å². The Balaban J connectivity index is 2.29. The van der Waals surface area contributed by atoms with Gasteiger partial charge in [-0.1, -0.05) is 37.0 Å². The summed E-state index contributed by atoms with van der Waals surface area (Å²) in [6.45, 7) is 4.17. The maximum absolute atomic E-state index is 6.04. The van der Waals surface area contributed by atoms with E-state index >= 15 is 0 Å². The zero-order valence-electron chi connectivity index (χ0n) is 30.2. The quantitative estimate of drug-likeness (QED) is 0.116. The van der Waals surface area contributed by atoms with Crippen molar-refractivity contribution in [1.82, 2.24) is 9.13 Å². The topological polar surface area (TPSA) is 98.8 Å². The van der Waals surface area contributed by atoms with Crippen molar-refractivity contribution in [2.75, 3.05) is 97.3 Å². The van der Waals surface area contributed by atoms with Crippen LogP contribution in [-0.4, -0.2) is 150 Å². The van der Waals surface area contributed by atoms with Crippen LogP contribution in [0.3, 0.4) is 0 Å². The summed E-state index contributed by atoms with van der Waals surface area (Å²) in [6.07, 6.45) is 6.65. The first-order valence-electron chi connectivity index (χ1n) is 16.7. The van der Waals surface area contributed by atoms with Gasteiger partial charge >= 0.3 is 35.1 Å². The number of nitrogens with zero attached hydrogens (tertiary/aromatic N) is 2. The van der Waals surface area contributed by atoms with Gasteiger partial charge in [0.2, 0.25) is 0 Å². The summed E-state index contributed by atoms with van der Waals surface area (Å²) in [5, 5.41) is 0. The Bertz CT molecular complexity index is 727. The molecule has 2 aliphatic rings. The molecule has 0 N–H and O–H groups in total. The molecule has 0 aliphatic carbocycles. The van der Waals surface area contributed by atoms with E-state index in [2.05, 4.69) is 9.13 Å². The van der Waals surface area contributed by atoms with Gasteiger partial charge in [0.15, 0.2) is 0 Å². The highest BCUT2D eigenvalue weighted by atomic mass is 28.4. The average molecular weight is 731 g/mol. The van der Waals surface area contributed by atoms with Gasteiger partial charge in [-0.15, -0.1) is 0 Å². The minimum atomic E-state index is -2.66. The lowest BCUT2D eigenvalue weighted by Gasteiger charge is -2.37. The molecule has 0 aromatic heterocycles. The summed E-state index contributed by atoms with van der Waals surface area (Å²) in [5.41, 5.74) is 0. The largest absolute Gasteiger partial charge is 0.500 e. The van der Waals surface area contributed by atoms with Gasteiger partial charge in [-0.25, -0.2) is 0 Å². The van der Waals surface area contributed by atoms with Crippen molar-refractivity contribution in [2.24, 2.45) is 0 Å². The zero-order chi connectivity index (χ0) is 33.5. The summed E-state index contributed by atoms with van der Waals surface area (Å²) in [5.74, 6) is 0. The van der Waals surface area contributed by atoms with Crippen LogP contribution in [0, 0.1) is 0 Å². The van der Waals surface area contributed by atoms with Crippen molar-refractivity contribution in [1.29, 1.82) is 0 Å². The van der Waals surface area contributed by atoms with Gasteiger partial charge in [-0.3, -0.25) is 9.13 Å². The maximum Gasteiger partial charge on any atom is 0.500 e. The second-order valence-electron chi connectivity index (χ2n) is 12.4. The molecule has 0 aromatic carbocycles. The molecule has 12 nitrogen and oxygen atoms in total. The van der Waals surface area contributed by atoms with E-state index in [0.717, 1.165) is 88.9 Å². The third kappa shape index (κ3) is 10.8. The van der Waals surface area contributed by atoms with E-state index in [0.29, 0.717) is 0 Å². The predicted molar refractivity (Wildman–Crippen MR) is 188 cm³/mol. The molecular formula is C28H66N2O10Si5. The van der Waals surface area contributed by atoms with Crippen molar-refractivity contribution < 1.29 is 44.3 Å². The summed E-state index contributed by atoms with van der Waals surface area (Å²) in [4.78, 5) is 0. The van der Waals surface area contributed by atoms with Gasteiger partial charge < -0.3 is 44.3 Å². The molecule has 17 heteroatoms. The van der Waals surface area contributed by atoms with Gasteiger partial charge in [0.05, 0.1) is 8.07 Å². The van der Waals surface area contributed by atoms with E-state index in [9.17, 15) is 0 Å². The molecule has 2 fully saturated rings. The minimum Gasteiger partial charge on any atom is -0.386 e. The Hall–Kier alpha value is 0.604. The first-order valence-corrected chi connectivity index (χ1v) is 27.3. The predicted octanol–water partition coefficient (Wildman–Crippen LogP) is 4.63. The molecular weight excluding hydrogens is 665 g/mol. The smallest absolute Gasteiger partial charge is 0.386 e. The number of rotatable bonds is 26. The van der Waals surface area contributed by atoms with Crippen LogP contribution in [-0.2, 0) is 44.3 Å². The lowest BCUT2D eigenvalue weighted by molar-refractivity contribution is 0.123. The second-order valence-corrected chi connectivity index (χ2v) is 30.4. The third-order valence-electron chi connectivity index (χ3n) is 10.6. The van der Waals surface area contributed by atoms with E-state index in [4.69, 9.17) is 44.3 Å². The van der Waals surface area contributed by atoms with E-state index in [1.54, 1.807) is 42.7 Å². The fourth-order valence-corrected chi connectivity index (χ4v) is 23.2. The Morgan fingerprint density at radius 1 is 0.444 bits per heavy atom. The lowest BCUT2D eigenvalue weighted by Crippen LogP contribution is -2.54. The summed E-state index contributed by atoms with van der Waals surface area (Å²) < 4.78 is 64.1. The molecule has 0 aromatic rings. The Morgan fingerprint density at radius 2 is 0.756 bits per heavy atom. The highest BCUT2D eigenvalue weighted by Gasteiger charge is 2.49. The summed E-state index contributed by atoms with van der Waals surface area (Å²) in [6, 6.07) is 8.63. The monoisotopic (exact) mass is 730 g/mol. The van der Waals surface area contributed by atoms with Gasteiger partial charge in [0, 0.05) is 95.3 Å². The molecule has 0 amide bonds. The second kappa shape index (κ2) is 20.3. The van der Waals surface area contributed by atoms with E-state index in [-0.39, 0.29) is 0 Å². The van der Waals surface area contributed by atoms with Gasteiger partial charge in [0.25, 0.3) is 0 Å². The molecule has 45 heavy (non-hydrogen) atoms. The molecule has 0 unspecified atom stereocenters. The molecule has 0 atom stereocenters. The van der Waals surface area contributed by atoms with Crippen LogP contribution in [0.4, 0.5) is 0 Å². The first-order chi connectivity index (χ1) is 21.6. The van der Waals surface area contributed by atoms with Gasteiger partial charge in [-0.05, 0) is 51.9 Å². The van der Waals surface area contributed by atoms with E-state index in [1.165, 1.54) is 24.2 Å². The van der Waals surface area contributed by atoms with Crippen LogP contribution < -0.4 is 0 Å². The van der Waals surface area contributed by atoms with Crippen molar-refractivity contribution in [3.8, 4) is 0 Å². The Labute approximate surface area is 280 Å². The summed E-state index contributed by atoms with van der Waals surface area (Å²) in [7, 11) is 5.88. The molecule has 268 valence electrons. The Kier molecular flexibility index (Phi) is 18.9. The molecule has 2 saturated heterocycles. The van der Waals surface area contributed by atoms with Crippen molar-refractivity contribution in [2.45, 2.75) is 86.9 Å². The Morgan fingerprint density at radius 3 is 1.04 bits per heavy atom. The van der Waals surface area contributed by atoms with Gasteiger partial charge in [-0.2, -0.15) is 0 Å². The first kappa shape index (κ1) is 41.8. The normalized spacial score (nSPS) is 19.6. The van der Waals surface area contributed by atoms with Gasteiger partial charge in [0.1, 0.15) is 0 Å². The molecule has 2 heterocycles. The van der Waals surface area contributed by atoms with Crippen LogP contribution in [0.2, 0.25) is 48.4 Å². The van der Waals surface area contributed by atoms with Crippen LogP contribution >= 0.6 is 0 Å². The number of hydrogen-bond donors (Lipinski definition) is 0. The molecule has 0 spiro atoms. The molecule has 2 rings (SSSR count). The van der Waals surface area contributed by atoms with Crippen LogP contribution in [0.15, 0.2) is 0 Å². The average Bonchev–Trinajstić information content (AvgIpc) is 3.69. The molecule has 0 radical (unpaired) electrons. The summed E-state index contributed by atoms with van der Waals surface area (Å²) >= 11 is 0. The lowest BCUT2D eigenvalue weighted by atomic mass is 10.4. The van der Waals surface area contributed by atoms with E-state index < -0.39 is 43.1 Å². The van der Waals surface area contributed by atoms with Crippen LogP contribution in [0.25, 0.3) is 0 Å². The van der Waals surface area contributed by atoms with Crippen LogP contribution in [0.1, 0.15) is 38.5 Å². The fourth-order valence-electron chi connectivity index (χ4n) is 7.81. The molecule has 0 bridgehead atoms. The highest BCUT2D eigenvalue weighted by Crippen LogP contribution is 2.37. The SMILES string of the molecule is CO[Si](CCC[Si](CCCN1CCC[Si]1(OC)OC)(CCCN1CCC[Si]1(OC)OC)CCC[Si](OC)(OC)OC)(OC)OC. The van der Waals surface area contributed by atoms with Crippen LogP contribution in [0.5, 0.6) is 0 Å².